The van der Waals surface area contributed by atoms with Gasteiger partial charge in [-0.25, -0.2) is 9.48 Å². The number of urea groups is 1. The summed E-state index contributed by atoms with van der Waals surface area (Å²) in [5.41, 5.74) is 2.18. The number of benzene rings is 2. The standard InChI is InChI=1S/C22H23ClN6O2/c1-2-16-12-20(30)27-21(24-16)29-19(13-18(28-29)14-6-4-3-5-7-14)26-22(31)25-17-10-8-15(23)9-11-17/h3-11,13,16,21,24H,2,12H2,1H3,(H,27,30)(H2,25,26,31). The number of nitrogens with zero attached hydrogens (tertiary/aromatic N) is 2. The number of carbonyl (C=O) groups excluding carboxylic acids is 2. The highest BCUT2D eigenvalue weighted by molar-refractivity contribution is 6.30. The number of hydrogen-bond acceptors (Lipinski definition) is 4. The maximum absolute atomic E-state index is 12.6. The molecule has 0 radical (unpaired) electrons. The Hall–Kier alpha value is -3.36. The monoisotopic (exact) mass is 438 g/mol. The molecule has 4 rings (SSSR count). The fourth-order valence-corrected chi connectivity index (χ4v) is 3.53. The zero-order valence-electron chi connectivity index (χ0n) is 16.9. The minimum Gasteiger partial charge on any atom is -0.322 e. The minimum atomic E-state index is -0.575. The highest BCUT2D eigenvalue weighted by Crippen LogP contribution is 2.25. The van der Waals surface area contributed by atoms with E-state index in [1.54, 1.807) is 35.0 Å². The molecule has 31 heavy (non-hydrogen) atoms. The molecule has 2 unspecified atom stereocenters. The van der Waals surface area contributed by atoms with E-state index in [4.69, 9.17) is 11.6 Å². The summed E-state index contributed by atoms with van der Waals surface area (Å²) >= 11 is 5.90. The van der Waals surface area contributed by atoms with Gasteiger partial charge in [0.05, 0.1) is 5.69 Å². The van der Waals surface area contributed by atoms with Gasteiger partial charge in [-0.05, 0) is 30.7 Å². The topological polar surface area (TPSA) is 100 Å². The van der Waals surface area contributed by atoms with Crippen LogP contribution in [0.3, 0.4) is 0 Å². The van der Waals surface area contributed by atoms with E-state index < -0.39 is 12.3 Å². The van der Waals surface area contributed by atoms with Gasteiger partial charge in [-0.2, -0.15) is 5.10 Å². The van der Waals surface area contributed by atoms with E-state index in [0.29, 0.717) is 28.6 Å². The van der Waals surface area contributed by atoms with Crippen molar-refractivity contribution in [3.63, 3.8) is 0 Å². The second kappa shape index (κ2) is 9.20. The summed E-state index contributed by atoms with van der Waals surface area (Å²) < 4.78 is 1.59. The highest BCUT2D eigenvalue weighted by atomic mass is 35.5. The van der Waals surface area contributed by atoms with E-state index in [0.717, 1.165) is 12.0 Å². The Bertz CT molecular complexity index is 1070. The van der Waals surface area contributed by atoms with Crippen molar-refractivity contribution in [1.82, 2.24) is 20.4 Å². The van der Waals surface area contributed by atoms with Crippen molar-refractivity contribution in [1.29, 1.82) is 0 Å². The van der Waals surface area contributed by atoms with Crippen molar-refractivity contribution in [2.45, 2.75) is 32.1 Å². The molecule has 8 nitrogen and oxygen atoms in total. The molecule has 3 amide bonds. The molecule has 3 aromatic rings. The van der Waals surface area contributed by atoms with E-state index >= 15 is 0 Å². The zero-order valence-corrected chi connectivity index (χ0v) is 17.7. The Morgan fingerprint density at radius 1 is 1.16 bits per heavy atom. The van der Waals surface area contributed by atoms with E-state index in [9.17, 15) is 9.59 Å². The molecule has 1 aliphatic heterocycles. The Labute approximate surface area is 185 Å². The lowest BCUT2D eigenvalue weighted by Crippen LogP contribution is -2.53. The van der Waals surface area contributed by atoms with Crippen LogP contribution >= 0.6 is 11.6 Å². The van der Waals surface area contributed by atoms with Crippen molar-refractivity contribution in [2.75, 3.05) is 10.6 Å². The fourth-order valence-electron chi connectivity index (χ4n) is 3.40. The molecule has 2 aromatic carbocycles. The average Bonchev–Trinajstić information content (AvgIpc) is 3.19. The first-order valence-electron chi connectivity index (χ1n) is 10.1. The van der Waals surface area contributed by atoms with Crippen LogP contribution in [0, 0.1) is 0 Å². The van der Waals surface area contributed by atoms with Gasteiger partial charge in [0.2, 0.25) is 5.91 Å². The Kier molecular flexibility index (Phi) is 6.20. The van der Waals surface area contributed by atoms with Crippen molar-refractivity contribution >= 4 is 35.0 Å². The van der Waals surface area contributed by atoms with Gasteiger partial charge in [-0.15, -0.1) is 0 Å². The predicted octanol–water partition coefficient (Wildman–Crippen LogP) is 4.19. The van der Waals surface area contributed by atoms with Crippen molar-refractivity contribution in [3.05, 3.63) is 65.7 Å². The molecule has 9 heteroatoms. The number of hydrogen-bond donors (Lipinski definition) is 4. The first-order chi connectivity index (χ1) is 15.0. The molecule has 0 saturated carbocycles. The summed E-state index contributed by atoms with van der Waals surface area (Å²) in [6.45, 7) is 2.02. The summed E-state index contributed by atoms with van der Waals surface area (Å²) in [5.74, 6) is 0.379. The first-order valence-corrected chi connectivity index (χ1v) is 10.4. The lowest BCUT2D eigenvalue weighted by molar-refractivity contribution is -0.125. The number of amides is 3. The maximum atomic E-state index is 12.6. The number of rotatable bonds is 5. The first kappa shape index (κ1) is 20.9. The minimum absolute atomic E-state index is 0.0267. The van der Waals surface area contributed by atoms with Crippen molar-refractivity contribution < 1.29 is 9.59 Å². The normalized spacial score (nSPS) is 18.3. The number of aromatic nitrogens is 2. The van der Waals surface area contributed by atoms with Crippen molar-refractivity contribution in [3.8, 4) is 11.3 Å². The van der Waals surface area contributed by atoms with Crippen LogP contribution < -0.4 is 21.3 Å². The number of halogens is 1. The SMILES string of the molecule is CCC1CC(=O)NC(n2nc(-c3ccccc3)cc2NC(=O)Nc2ccc(Cl)cc2)N1. The second-order valence-electron chi connectivity index (χ2n) is 7.26. The van der Waals surface area contributed by atoms with Crippen LogP contribution in [0.5, 0.6) is 0 Å². The van der Waals surface area contributed by atoms with Crippen LogP contribution in [0.2, 0.25) is 5.02 Å². The second-order valence-corrected chi connectivity index (χ2v) is 7.69. The summed E-state index contributed by atoms with van der Waals surface area (Å²) in [6, 6.07) is 17.8. The lowest BCUT2D eigenvalue weighted by Gasteiger charge is -2.31. The van der Waals surface area contributed by atoms with Crippen LogP contribution in [0.4, 0.5) is 16.3 Å². The fraction of sp³-hybridized carbons (Fsp3) is 0.227. The molecule has 1 saturated heterocycles. The van der Waals surface area contributed by atoms with Gasteiger partial charge in [-0.3, -0.25) is 15.4 Å². The van der Waals surface area contributed by atoms with Gasteiger partial charge >= 0.3 is 6.03 Å². The molecule has 160 valence electrons. The molecule has 0 bridgehead atoms. The Morgan fingerprint density at radius 3 is 2.61 bits per heavy atom. The smallest absolute Gasteiger partial charge is 0.322 e. The Balaban J connectivity index is 1.61. The van der Waals surface area contributed by atoms with Crippen LogP contribution in [-0.4, -0.2) is 27.8 Å². The van der Waals surface area contributed by atoms with Gasteiger partial charge < -0.3 is 10.6 Å². The molecular formula is C22H23ClN6O2. The Morgan fingerprint density at radius 2 is 1.90 bits per heavy atom. The van der Waals surface area contributed by atoms with Gasteiger partial charge in [-0.1, -0.05) is 48.9 Å². The molecule has 1 fully saturated rings. The maximum Gasteiger partial charge on any atom is 0.324 e. The molecule has 2 atom stereocenters. The third-order valence-corrected chi connectivity index (χ3v) is 5.26. The predicted molar refractivity (Wildman–Crippen MR) is 121 cm³/mol. The zero-order chi connectivity index (χ0) is 21.8. The largest absolute Gasteiger partial charge is 0.324 e. The molecule has 1 aliphatic rings. The van der Waals surface area contributed by atoms with E-state index in [2.05, 4.69) is 26.4 Å². The number of anilines is 2. The molecule has 1 aromatic heterocycles. The molecule has 2 heterocycles. The number of nitrogens with one attached hydrogen (secondary N) is 4. The van der Waals surface area contributed by atoms with Gasteiger partial charge in [0.25, 0.3) is 0 Å². The van der Waals surface area contributed by atoms with Gasteiger partial charge in [0.1, 0.15) is 5.82 Å². The lowest BCUT2D eigenvalue weighted by atomic mass is 10.1. The quantitative estimate of drug-likeness (QED) is 0.479. The van der Waals surface area contributed by atoms with E-state index in [-0.39, 0.29) is 11.9 Å². The number of carbonyl (C=O) groups is 2. The summed E-state index contributed by atoms with van der Waals surface area (Å²) in [4.78, 5) is 24.8. The average molecular weight is 439 g/mol. The third kappa shape index (κ3) is 5.04. The highest BCUT2D eigenvalue weighted by Gasteiger charge is 2.28. The molecular weight excluding hydrogens is 416 g/mol. The summed E-state index contributed by atoms with van der Waals surface area (Å²) in [7, 11) is 0. The molecule has 0 aliphatic carbocycles. The van der Waals surface area contributed by atoms with E-state index in [1.807, 2.05) is 37.3 Å². The van der Waals surface area contributed by atoms with Crippen LogP contribution in [-0.2, 0) is 4.79 Å². The van der Waals surface area contributed by atoms with Gasteiger partial charge in [0, 0.05) is 34.8 Å². The van der Waals surface area contributed by atoms with Crippen LogP contribution in [0.25, 0.3) is 11.3 Å². The van der Waals surface area contributed by atoms with Crippen LogP contribution in [0.15, 0.2) is 60.7 Å². The molecule has 0 spiro atoms. The summed E-state index contributed by atoms with van der Waals surface area (Å²) in [6.07, 6.45) is 0.630. The van der Waals surface area contributed by atoms with Gasteiger partial charge in [0.15, 0.2) is 6.29 Å². The third-order valence-electron chi connectivity index (χ3n) is 5.01. The van der Waals surface area contributed by atoms with Crippen molar-refractivity contribution in [2.24, 2.45) is 0 Å². The summed E-state index contributed by atoms with van der Waals surface area (Å²) in [5, 5.41) is 17.1. The van der Waals surface area contributed by atoms with Crippen LogP contribution in [0.1, 0.15) is 26.1 Å². The van der Waals surface area contributed by atoms with E-state index in [1.165, 1.54) is 0 Å². The molecule has 4 N–H and O–H groups in total.